The molecule has 0 aliphatic carbocycles. The molecular weight excluding hydrogens is 305 g/mol. The van der Waals surface area contributed by atoms with E-state index in [0.717, 1.165) is 44.0 Å². The Morgan fingerprint density at radius 1 is 1.12 bits per heavy atom. The van der Waals surface area contributed by atoms with Gasteiger partial charge in [-0.2, -0.15) is 0 Å². The number of rotatable bonds is 6. The van der Waals surface area contributed by atoms with E-state index in [1.807, 2.05) is 24.3 Å². The van der Waals surface area contributed by atoms with Gasteiger partial charge in [0.05, 0.1) is 12.3 Å². The van der Waals surface area contributed by atoms with Crippen LogP contribution >= 0.6 is 0 Å². The standard InChI is InChI=1S/C19H26FN3O/c1-15(23-11-9-22(2)10-12-23)14-21-19(18-4-3-13-24-18)16-5-7-17(20)8-6-16/h3-8,13,15,19,21H,9-12,14H2,1-2H3/t15-,19+/m1/s1. The first kappa shape index (κ1) is 17.1. The second-order valence-electron chi connectivity index (χ2n) is 6.60. The molecule has 5 heteroatoms. The molecule has 0 amide bonds. The third kappa shape index (κ3) is 4.23. The zero-order chi connectivity index (χ0) is 16.9. The molecule has 0 unspecified atom stereocenters. The van der Waals surface area contributed by atoms with Crippen molar-refractivity contribution in [2.75, 3.05) is 39.8 Å². The Balaban J connectivity index is 1.65. The quantitative estimate of drug-likeness (QED) is 0.882. The molecule has 2 aromatic rings. The third-order valence-corrected chi connectivity index (χ3v) is 4.81. The number of furan rings is 1. The summed E-state index contributed by atoms with van der Waals surface area (Å²) in [5, 5.41) is 3.59. The van der Waals surface area contributed by atoms with E-state index in [4.69, 9.17) is 4.42 Å². The van der Waals surface area contributed by atoms with Crippen molar-refractivity contribution < 1.29 is 8.81 Å². The van der Waals surface area contributed by atoms with Crippen molar-refractivity contribution in [2.24, 2.45) is 0 Å². The largest absolute Gasteiger partial charge is 0.467 e. The van der Waals surface area contributed by atoms with Crippen LogP contribution in [-0.2, 0) is 0 Å². The van der Waals surface area contributed by atoms with Gasteiger partial charge in [-0.1, -0.05) is 12.1 Å². The van der Waals surface area contributed by atoms with Gasteiger partial charge in [-0.25, -0.2) is 4.39 Å². The van der Waals surface area contributed by atoms with E-state index in [1.165, 1.54) is 12.1 Å². The number of hydrogen-bond acceptors (Lipinski definition) is 4. The van der Waals surface area contributed by atoms with Crippen molar-refractivity contribution in [2.45, 2.75) is 19.0 Å². The normalized spacial score (nSPS) is 19.3. The molecule has 1 aliphatic heterocycles. The Morgan fingerprint density at radius 2 is 1.83 bits per heavy atom. The molecule has 2 atom stereocenters. The molecule has 24 heavy (non-hydrogen) atoms. The second kappa shape index (κ2) is 7.92. The van der Waals surface area contributed by atoms with Crippen LogP contribution in [0.5, 0.6) is 0 Å². The fraction of sp³-hybridized carbons (Fsp3) is 0.474. The van der Waals surface area contributed by atoms with E-state index in [2.05, 4.69) is 29.1 Å². The zero-order valence-corrected chi connectivity index (χ0v) is 14.4. The molecule has 0 spiro atoms. The number of piperazine rings is 1. The predicted molar refractivity (Wildman–Crippen MR) is 93.5 cm³/mol. The summed E-state index contributed by atoms with van der Waals surface area (Å²) in [5.41, 5.74) is 1.01. The highest BCUT2D eigenvalue weighted by Gasteiger charge is 2.22. The van der Waals surface area contributed by atoms with Crippen molar-refractivity contribution >= 4 is 0 Å². The average molecular weight is 331 g/mol. The molecule has 1 aromatic carbocycles. The van der Waals surface area contributed by atoms with Crippen LogP contribution in [0.15, 0.2) is 47.1 Å². The van der Waals surface area contributed by atoms with Crippen LogP contribution in [-0.4, -0.2) is 55.6 Å². The average Bonchev–Trinajstić information content (AvgIpc) is 3.11. The fourth-order valence-electron chi connectivity index (χ4n) is 3.17. The molecule has 1 fully saturated rings. The van der Waals surface area contributed by atoms with Crippen LogP contribution in [0, 0.1) is 5.82 Å². The lowest BCUT2D eigenvalue weighted by Crippen LogP contribution is -2.51. The molecule has 1 aliphatic rings. The second-order valence-corrected chi connectivity index (χ2v) is 6.60. The van der Waals surface area contributed by atoms with Gasteiger partial charge in [-0.05, 0) is 43.8 Å². The highest BCUT2D eigenvalue weighted by Crippen LogP contribution is 2.23. The molecule has 0 bridgehead atoms. The lowest BCUT2D eigenvalue weighted by atomic mass is 10.0. The van der Waals surface area contributed by atoms with Crippen LogP contribution in [0.3, 0.4) is 0 Å². The zero-order valence-electron chi connectivity index (χ0n) is 14.4. The van der Waals surface area contributed by atoms with Gasteiger partial charge in [0.2, 0.25) is 0 Å². The third-order valence-electron chi connectivity index (χ3n) is 4.81. The Kier molecular flexibility index (Phi) is 5.66. The summed E-state index contributed by atoms with van der Waals surface area (Å²) in [4.78, 5) is 4.87. The fourth-order valence-corrected chi connectivity index (χ4v) is 3.17. The summed E-state index contributed by atoms with van der Waals surface area (Å²) in [5.74, 6) is 0.634. The smallest absolute Gasteiger partial charge is 0.125 e. The Bertz CT molecular complexity index is 606. The Morgan fingerprint density at radius 3 is 2.46 bits per heavy atom. The molecule has 0 saturated carbocycles. The molecular formula is C19H26FN3O. The first-order valence-electron chi connectivity index (χ1n) is 8.58. The minimum absolute atomic E-state index is 0.0597. The van der Waals surface area contributed by atoms with E-state index in [0.29, 0.717) is 6.04 Å². The van der Waals surface area contributed by atoms with Gasteiger partial charge in [-0.3, -0.25) is 4.90 Å². The van der Waals surface area contributed by atoms with Crippen LogP contribution in [0.1, 0.15) is 24.3 Å². The van der Waals surface area contributed by atoms with E-state index in [9.17, 15) is 4.39 Å². The number of benzene rings is 1. The van der Waals surface area contributed by atoms with E-state index >= 15 is 0 Å². The van der Waals surface area contributed by atoms with Crippen LogP contribution < -0.4 is 5.32 Å². The highest BCUT2D eigenvalue weighted by molar-refractivity contribution is 5.27. The molecule has 4 nitrogen and oxygen atoms in total. The summed E-state index contributed by atoms with van der Waals surface area (Å²) in [7, 11) is 2.17. The molecule has 2 heterocycles. The van der Waals surface area contributed by atoms with Crippen LogP contribution in [0.25, 0.3) is 0 Å². The maximum Gasteiger partial charge on any atom is 0.125 e. The molecule has 1 aromatic heterocycles. The van der Waals surface area contributed by atoms with E-state index < -0.39 is 0 Å². The van der Waals surface area contributed by atoms with Crippen LogP contribution in [0.2, 0.25) is 0 Å². The first-order valence-corrected chi connectivity index (χ1v) is 8.58. The van der Waals surface area contributed by atoms with Crippen LogP contribution in [0.4, 0.5) is 4.39 Å². The number of likely N-dealkylation sites (N-methyl/N-ethyl adjacent to an activating group) is 1. The molecule has 130 valence electrons. The predicted octanol–water partition coefficient (Wildman–Crippen LogP) is 2.73. The topological polar surface area (TPSA) is 31.7 Å². The van der Waals surface area contributed by atoms with Crippen molar-refractivity contribution in [1.29, 1.82) is 0 Å². The summed E-state index contributed by atoms with van der Waals surface area (Å²) in [6.07, 6.45) is 1.68. The summed E-state index contributed by atoms with van der Waals surface area (Å²) in [6, 6.07) is 10.9. The summed E-state index contributed by atoms with van der Waals surface area (Å²) < 4.78 is 18.8. The van der Waals surface area contributed by atoms with E-state index in [-0.39, 0.29) is 11.9 Å². The number of nitrogens with zero attached hydrogens (tertiary/aromatic N) is 2. The van der Waals surface area contributed by atoms with E-state index in [1.54, 1.807) is 6.26 Å². The minimum Gasteiger partial charge on any atom is -0.467 e. The maximum absolute atomic E-state index is 13.2. The number of nitrogens with one attached hydrogen (secondary N) is 1. The Labute approximate surface area is 143 Å². The minimum atomic E-state index is -0.220. The lowest BCUT2D eigenvalue weighted by Gasteiger charge is -2.37. The Hall–Kier alpha value is -1.69. The number of hydrogen-bond donors (Lipinski definition) is 1. The lowest BCUT2D eigenvalue weighted by molar-refractivity contribution is 0.116. The van der Waals surface area contributed by atoms with Gasteiger partial charge < -0.3 is 14.6 Å². The van der Waals surface area contributed by atoms with Crippen molar-refractivity contribution in [3.63, 3.8) is 0 Å². The van der Waals surface area contributed by atoms with Crippen molar-refractivity contribution in [3.8, 4) is 0 Å². The van der Waals surface area contributed by atoms with Gasteiger partial charge in [0.1, 0.15) is 11.6 Å². The molecule has 3 rings (SSSR count). The van der Waals surface area contributed by atoms with Gasteiger partial charge in [0.25, 0.3) is 0 Å². The molecule has 1 N–H and O–H groups in total. The van der Waals surface area contributed by atoms with Gasteiger partial charge >= 0.3 is 0 Å². The van der Waals surface area contributed by atoms with Crippen molar-refractivity contribution in [3.05, 3.63) is 59.8 Å². The SMILES string of the molecule is C[C@H](CN[C@@H](c1ccc(F)cc1)c1ccco1)N1CCN(C)CC1. The summed E-state index contributed by atoms with van der Waals surface area (Å²) >= 11 is 0. The highest BCUT2D eigenvalue weighted by atomic mass is 19.1. The van der Waals surface area contributed by atoms with Gasteiger partial charge in [0.15, 0.2) is 0 Å². The van der Waals surface area contributed by atoms with Gasteiger partial charge in [0, 0.05) is 38.8 Å². The molecule has 1 saturated heterocycles. The first-order chi connectivity index (χ1) is 11.6. The summed E-state index contributed by atoms with van der Waals surface area (Å²) in [6.45, 7) is 7.53. The van der Waals surface area contributed by atoms with Gasteiger partial charge in [-0.15, -0.1) is 0 Å². The molecule has 0 radical (unpaired) electrons. The monoisotopic (exact) mass is 331 g/mol. The van der Waals surface area contributed by atoms with Crippen molar-refractivity contribution in [1.82, 2.24) is 15.1 Å². The number of halogens is 1. The maximum atomic E-state index is 13.2.